The SMILES string of the molecule is O=[N+](O)c1ccc(CCOP(=O)([O-])O)cc1. The monoisotopic (exact) mass is 247 g/mol. The minimum absolute atomic E-state index is 0.0707. The molecule has 0 heterocycles. The molecule has 0 bridgehead atoms. The zero-order valence-electron chi connectivity index (χ0n) is 8.15. The van der Waals surface area contributed by atoms with Crippen LogP contribution in [0.25, 0.3) is 0 Å². The van der Waals surface area contributed by atoms with Crippen LogP contribution in [0.15, 0.2) is 24.3 Å². The van der Waals surface area contributed by atoms with Gasteiger partial charge in [0.25, 0.3) is 12.7 Å². The van der Waals surface area contributed by atoms with Crippen molar-refractivity contribution in [1.82, 2.24) is 0 Å². The molecule has 0 aliphatic heterocycles. The van der Waals surface area contributed by atoms with E-state index in [4.69, 9.17) is 10.1 Å². The van der Waals surface area contributed by atoms with Crippen molar-refractivity contribution in [3.05, 3.63) is 34.7 Å². The Morgan fingerprint density at radius 1 is 1.38 bits per heavy atom. The summed E-state index contributed by atoms with van der Waals surface area (Å²) in [5.41, 5.74) is 0.778. The molecule has 0 saturated carbocycles. The molecule has 0 saturated heterocycles. The Labute approximate surface area is 91.1 Å². The predicted molar refractivity (Wildman–Crippen MR) is 51.0 cm³/mol. The molecule has 16 heavy (non-hydrogen) atoms. The van der Waals surface area contributed by atoms with E-state index in [1.807, 2.05) is 0 Å². The van der Waals surface area contributed by atoms with Crippen LogP contribution in [-0.4, -0.2) is 21.6 Å². The number of nitrogens with zero attached hydrogens (tertiary/aromatic N) is 1. The van der Waals surface area contributed by atoms with Crippen molar-refractivity contribution < 1.29 is 29.0 Å². The van der Waals surface area contributed by atoms with Gasteiger partial charge in [-0.1, -0.05) is 12.1 Å². The van der Waals surface area contributed by atoms with Crippen molar-refractivity contribution in [3.63, 3.8) is 0 Å². The number of benzene rings is 1. The molecule has 8 heteroatoms. The zero-order chi connectivity index (χ0) is 12.2. The van der Waals surface area contributed by atoms with E-state index in [-0.39, 0.29) is 23.6 Å². The lowest BCUT2D eigenvalue weighted by atomic mass is 10.1. The van der Waals surface area contributed by atoms with Crippen LogP contribution in [0.2, 0.25) is 0 Å². The summed E-state index contributed by atoms with van der Waals surface area (Å²) < 4.78 is 14.4. The molecule has 88 valence electrons. The maximum atomic E-state index is 10.4. The van der Waals surface area contributed by atoms with E-state index in [1.54, 1.807) is 0 Å². The molecule has 0 spiro atoms. The van der Waals surface area contributed by atoms with Gasteiger partial charge in [0, 0.05) is 12.1 Å². The average Bonchev–Trinajstić information content (AvgIpc) is 2.16. The van der Waals surface area contributed by atoms with Crippen molar-refractivity contribution in [2.45, 2.75) is 6.42 Å². The largest absolute Gasteiger partial charge is 0.756 e. The quantitative estimate of drug-likeness (QED) is 0.579. The van der Waals surface area contributed by atoms with Crippen LogP contribution < -0.4 is 4.89 Å². The van der Waals surface area contributed by atoms with Gasteiger partial charge in [-0.05, 0) is 12.0 Å². The molecule has 1 aromatic rings. The highest BCUT2D eigenvalue weighted by Crippen LogP contribution is 2.30. The third-order valence-corrected chi connectivity index (χ3v) is 2.31. The molecule has 1 aromatic carbocycles. The molecular weight excluding hydrogens is 237 g/mol. The minimum atomic E-state index is -4.68. The highest BCUT2D eigenvalue weighted by Gasteiger charge is 2.09. The first-order valence-corrected chi connectivity index (χ1v) is 5.81. The summed E-state index contributed by atoms with van der Waals surface area (Å²) in [4.78, 5) is 28.7. The van der Waals surface area contributed by atoms with Crippen LogP contribution in [0.1, 0.15) is 5.56 Å². The van der Waals surface area contributed by atoms with E-state index in [2.05, 4.69) is 4.52 Å². The minimum Gasteiger partial charge on any atom is -0.756 e. The van der Waals surface area contributed by atoms with Gasteiger partial charge in [0.15, 0.2) is 0 Å². The summed E-state index contributed by atoms with van der Waals surface area (Å²) >= 11 is 0. The lowest BCUT2D eigenvalue weighted by molar-refractivity contribution is -0.729. The molecule has 0 aliphatic rings. The average molecular weight is 247 g/mol. The Morgan fingerprint density at radius 3 is 2.38 bits per heavy atom. The molecule has 1 unspecified atom stereocenters. The fraction of sp³-hybridized carbons (Fsp3) is 0.250. The lowest BCUT2D eigenvalue weighted by Gasteiger charge is -2.14. The van der Waals surface area contributed by atoms with Gasteiger partial charge in [0.2, 0.25) is 0 Å². The third-order valence-electron chi connectivity index (χ3n) is 1.80. The van der Waals surface area contributed by atoms with Gasteiger partial charge in [0.1, 0.15) is 0 Å². The van der Waals surface area contributed by atoms with Gasteiger partial charge in [-0.25, -0.2) is 5.21 Å². The van der Waals surface area contributed by atoms with Crippen LogP contribution in [0.4, 0.5) is 5.69 Å². The normalized spacial score (nSPS) is 14.4. The van der Waals surface area contributed by atoms with E-state index in [0.717, 1.165) is 0 Å². The summed E-state index contributed by atoms with van der Waals surface area (Å²) in [6.07, 6.45) is 0.261. The highest BCUT2D eigenvalue weighted by atomic mass is 31.2. The second-order valence-corrected chi connectivity index (χ2v) is 4.19. The van der Waals surface area contributed by atoms with Gasteiger partial charge in [-0.3, -0.25) is 4.57 Å². The third kappa shape index (κ3) is 4.50. The van der Waals surface area contributed by atoms with Crippen molar-refractivity contribution in [3.8, 4) is 0 Å². The maximum absolute atomic E-state index is 10.4. The van der Waals surface area contributed by atoms with Crippen LogP contribution in [-0.2, 0) is 15.5 Å². The number of hydrogen-bond donors (Lipinski definition) is 2. The molecule has 0 aliphatic carbocycles. The Hall–Kier alpha value is -1.27. The fourth-order valence-corrected chi connectivity index (χ4v) is 1.39. The molecule has 1 rings (SSSR count). The molecule has 1 atom stereocenters. The molecule has 0 aromatic heterocycles. The van der Waals surface area contributed by atoms with Crippen molar-refractivity contribution >= 4 is 13.5 Å². The summed E-state index contributed by atoms with van der Waals surface area (Å²) in [7, 11) is -4.68. The predicted octanol–water partition coefficient (Wildman–Crippen LogP) is 0.506. The topological polar surface area (TPSA) is 110 Å². The van der Waals surface area contributed by atoms with E-state index >= 15 is 0 Å². The summed E-state index contributed by atoms with van der Waals surface area (Å²) in [6.45, 7) is -0.184. The highest BCUT2D eigenvalue weighted by molar-refractivity contribution is 7.44. The maximum Gasteiger partial charge on any atom is 0.316 e. The van der Waals surface area contributed by atoms with Gasteiger partial charge < -0.3 is 14.3 Å². The molecular formula is C8H10NO6P. The van der Waals surface area contributed by atoms with E-state index in [9.17, 15) is 14.4 Å². The van der Waals surface area contributed by atoms with Crippen LogP contribution in [0.3, 0.4) is 0 Å². The number of phosphoric acid groups is 1. The summed E-state index contributed by atoms with van der Waals surface area (Å²) in [6, 6.07) is 5.82. The molecule has 0 fully saturated rings. The Balaban J connectivity index is 2.50. The Morgan fingerprint density at radius 2 is 1.94 bits per heavy atom. The zero-order valence-corrected chi connectivity index (χ0v) is 9.04. The van der Waals surface area contributed by atoms with E-state index in [1.165, 1.54) is 24.3 Å². The van der Waals surface area contributed by atoms with Crippen molar-refractivity contribution in [2.24, 2.45) is 0 Å². The molecule has 7 nitrogen and oxygen atoms in total. The summed E-state index contributed by atoms with van der Waals surface area (Å²) in [5.74, 6) is 0. The van der Waals surface area contributed by atoms with Crippen molar-refractivity contribution in [1.29, 1.82) is 0 Å². The van der Waals surface area contributed by atoms with E-state index in [0.29, 0.717) is 5.56 Å². The first-order chi connectivity index (χ1) is 7.38. The number of phosphoric ester groups is 1. The van der Waals surface area contributed by atoms with Crippen LogP contribution in [0.5, 0.6) is 0 Å². The van der Waals surface area contributed by atoms with Gasteiger partial charge >= 0.3 is 5.69 Å². The van der Waals surface area contributed by atoms with Gasteiger partial charge in [-0.2, -0.15) is 0 Å². The second-order valence-electron chi connectivity index (χ2n) is 2.99. The Bertz CT molecular complexity index is 411. The molecule has 0 amide bonds. The van der Waals surface area contributed by atoms with Gasteiger partial charge in [0.05, 0.1) is 11.5 Å². The fourth-order valence-electron chi connectivity index (χ4n) is 1.07. The lowest BCUT2D eigenvalue weighted by Crippen LogP contribution is -2.06. The van der Waals surface area contributed by atoms with Crippen molar-refractivity contribution in [2.75, 3.05) is 6.61 Å². The number of rotatable bonds is 5. The molecule has 2 N–H and O–H groups in total. The van der Waals surface area contributed by atoms with Crippen LogP contribution in [0, 0.1) is 4.91 Å². The van der Waals surface area contributed by atoms with Crippen LogP contribution >= 0.6 is 7.82 Å². The molecule has 0 radical (unpaired) electrons. The smallest absolute Gasteiger partial charge is 0.316 e. The Kier molecular flexibility index (Phi) is 4.14. The standard InChI is InChI=1S/C8H10NO6P/c10-9(11)8-3-1-7(2-4-8)5-6-15-16(12,13)14/h1-4H,5-6H2,(H2-,10,11,12,13,14). The summed E-state index contributed by atoms with van der Waals surface area (Å²) in [5, 5.41) is 8.54. The van der Waals surface area contributed by atoms with E-state index < -0.39 is 7.82 Å². The number of hydrogen-bond acceptors (Lipinski definition) is 4. The first-order valence-electron chi connectivity index (χ1n) is 4.32. The first kappa shape index (κ1) is 12.8. The van der Waals surface area contributed by atoms with Gasteiger partial charge in [-0.15, -0.1) is 0 Å². The second kappa shape index (κ2) is 5.18.